The van der Waals surface area contributed by atoms with Crippen LogP contribution in [0.3, 0.4) is 0 Å². The molecule has 0 N–H and O–H groups in total. The van der Waals surface area contributed by atoms with Crippen molar-refractivity contribution < 1.29 is 28.5 Å². The van der Waals surface area contributed by atoms with E-state index in [1.165, 1.54) is 11.3 Å². The second-order valence-corrected chi connectivity index (χ2v) is 12.2. The highest BCUT2D eigenvalue weighted by Crippen LogP contribution is 2.39. The summed E-state index contributed by atoms with van der Waals surface area (Å²) in [5.41, 5.74) is 2.89. The molecule has 240 valence electrons. The van der Waals surface area contributed by atoms with Gasteiger partial charge in [0, 0.05) is 10.0 Å². The number of ether oxygens (including phenoxy) is 5. The van der Waals surface area contributed by atoms with Crippen molar-refractivity contribution in [2.45, 2.75) is 39.3 Å². The normalized spacial score (nSPS) is 14.4. The van der Waals surface area contributed by atoms with E-state index >= 15 is 0 Å². The van der Waals surface area contributed by atoms with Crippen LogP contribution in [0, 0.1) is 0 Å². The number of hydrogen-bond acceptors (Lipinski definition) is 9. The maximum atomic E-state index is 14.3. The molecule has 0 spiro atoms. The Hall–Kier alpha value is -4.35. The summed E-state index contributed by atoms with van der Waals surface area (Å²) < 4.78 is 31.2. The van der Waals surface area contributed by atoms with Crippen molar-refractivity contribution in [1.82, 2.24) is 4.57 Å². The smallest absolute Gasteiger partial charge is 0.338 e. The first-order chi connectivity index (χ1) is 22.3. The van der Waals surface area contributed by atoms with Gasteiger partial charge in [-0.05, 0) is 60.9 Å². The van der Waals surface area contributed by atoms with Crippen LogP contribution in [0.15, 0.2) is 86.2 Å². The van der Waals surface area contributed by atoms with Crippen LogP contribution in [0.4, 0.5) is 0 Å². The van der Waals surface area contributed by atoms with Crippen LogP contribution in [-0.2, 0) is 16.1 Å². The molecule has 0 unspecified atom stereocenters. The van der Waals surface area contributed by atoms with Gasteiger partial charge in [-0.1, -0.05) is 70.9 Å². The highest BCUT2D eigenvalue weighted by Gasteiger charge is 2.36. The Labute approximate surface area is 279 Å². The molecule has 11 heteroatoms. The first kappa shape index (κ1) is 33.0. The third-order valence-corrected chi connectivity index (χ3v) is 9.10. The summed E-state index contributed by atoms with van der Waals surface area (Å²) in [6, 6.07) is 18.0. The lowest BCUT2D eigenvalue weighted by Gasteiger charge is -2.27. The Morgan fingerprint density at radius 3 is 2.41 bits per heavy atom. The first-order valence-electron chi connectivity index (χ1n) is 14.8. The molecule has 3 aromatic carbocycles. The van der Waals surface area contributed by atoms with Crippen molar-refractivity contribution in [3.05, 3.63) is 113 Å². The quantitative estimate of drug-likeness (QED) is 0.168. The van der Waals surface area contributed by atoms with Crippen molar-refractivity contribution in [3.8, 4) is 23.0 Å². The number of methoxy groups -OCH3 is 3. The van der Waals surface area contributed by atoms with Gasteiger partial charge in [-0.15, -0.1) is 0 Å². The lowest BCUT2D eigenvalue weighted by molar-refractivity contribution is -0.139. The Balaban J connectivity index is 1.67. The number of benzene rings is 3. The SMILES string of the molecule is CCCC1=C(C(=O)OCC)[C@@H](c2cc(OC)ccc2OC)n2c(s/c(=C\c3cc(OC)c(OCc4ccccc4)cc3Br)c2=O)=N1. The fourth-order valence-corrected chi connectivity index (χ4v) is 6.73. The van der Waals surface area contributed by atoms with Gasteiger partial charge in [-0.3, -0.25) is 9.36 Å². The van der Waals surface area contributed by atoms with Gasteiger partial charge in [-0.2, -0.15) is 0 Å². The topological polar surface area (TPSA) is 97.6 Å². The number of carbonyl (C=O) groups is 1. The number of hydrogen-bond donors (Lipinski definition) is 0. The number of thiazole rings is 1. The summed E-state index contributed by atoms with van der Waals surface area (Å²) >= 11 is 4.90. The number of carbonyl (C=O) groups excluding carboxylic acids is 1. The summed E-state index contributed by atoms with van der Waals surface area (Å²) in [6.45, 7) is 4.31. The number of halogens is 1. The third-order valence-electron chi connectivity index (χ3n) is 7.43. The molecule has 0 bridgehead atoms. The van der Waals surface area contributed by atoms with Crippen LogP contribution >= 0.6 is 27.3 Å². The molecule has 0 radical (unpaired) electrons. The molecule has 1 aliphatic heterocycles. The summed E-state index contributed by atoms with van der Waals surface area (Å²) in [7, 11) is 4.68. The molecule has 46 heavy (non-hydrogen) atoms. The average Bonchev–Trinajstić information content (AvgIpc) is 3.38. The van der Waals surface area contributed by atoms with Crippen molar-refractivity contribution >= 4 is 39.3 Å². The third kappa shape index (κ3) is 6.75. The Kier molecular flexibility index (Phi) is 10.6. The van der Waals surface area contributed by atoms with E-state index in [0.29, 0.717) is 72.2 Å². The van der Waals surface area contributed by atoms with E-state index in [0.717, 1.165) is 12.0 Å². The minimum atomic E-state index is -0.851. The van der Waals surface area contributed by atoms with Gasteiger partial charge >= 0.3 is 5.97 Å². The zero-order valence-electron chi connectivity index (χ0n) is 26.3. The molecule has 4 aromatic rings. The van der Waals surface area contributed by atoms with E-state index in [9.17, 15) is 9.59 Å². The number of allylic oxidation sites excluding steroid dienone is 1. The van der Waals surface area contributed by atoms with Crippen LogP contribution in [-0.4, -0.2) is 38.5 Å². The van der Waals surface area contributed by atoms with Crippen LogP contribution in [0.5, 0.6) is 23.0 Å². The van der Waals surface area contributed by atoms with Gasteiger partial charge in [0.15, 0.2) is 16.3 Å². The zero-order chi connectivity index (χ0) is 32.8. The second kappa shape index (κ2) is 14.8. The maximum Gasteiger partial charge on any atom is 0.338 e. The number of rotatable bonds is 12. The largest absolute Gasteiger partial charge is 0.497 e. The molecule has 1 aliphatic rings. The molecule has 0 saturated carbocycles. The fraction of sp³-hybridized carbons (Fsp3) is 0.286. The summed E-state index contributed by atoms with van der Waals surface area (Å²) in [4.78, 5) is 33.2. The predicted molar refractivity (Wildman–Crippen MR) is 181 cm³/mol. The molecule has 1 atom stereocenters. The van der Waals surface area contributed by atoms with Crippen LogP contribution in [0.1, 0.15) is 49.4 Å². The predicted octanol–water partition coefficient (Wildman–Crippen LogP) is 5.95. The highest BCUT2D eigenvalue weighted by atomic mass is 79.9. The monoisotopic (exact) mass is 706 g/mol. The molecule has 0 amide bonds. The molecule has 2 heterocycles. The number of esters is 1. The Morgan fingerprint density at radius 2 is 1.74 bits per heavy atom. The number of nitrogens with zero attached hydrogens (tertiary/aromatic N) is 2. The van der Waals surface area contributed by atoms with E-state index in [1.807, 2.05) is 49.4 Å². The first-order valence-corrected chi connectivity index (χ1v) is 16.4. The lowest BCUT2D eigenvalue weighted by atomic mass is 9.93. The van der Waals surface area contributed by atoms with Gasteiger partial charge in [0.2, 0.25) is 0 Å². The van der Waals surface area contributed by atoms with Gasteiger partial charge in [0.1, 0.15) is 24.1 Å². The number of aromatic nitrogens is 1. The Morgan fingerprint density at radius 1 is 0.978 bits per heavy atom. The van der Waals surface area contributed by atoms with E-state index in [4.69, 9.17) is 28.7 Å². The average molecular weight is 708 g/mol. The molecular weight excluding hydrogens is 672 g/mol. The molecular formula is C35H35BrN2O7S. The molecule has 0 saturated heterocycles. The van der Waals surface area contributed by atoms with E-state index < -0.39 is 12.0 Å². The number of fused-ring (bicyclic) bond motifs is 1. The molecule has 9 nitrogen and oxygen atoms in total. The summed E-state index contributed by atoms with van der Waals surface area (Å²) in [6.07, 6.45) is 3.05. The van der Waals surface area contributed by atoms with Crippen LogP contribution < -0.4 is 33.8 Å². The van der Waals surface area contributed by atoms with Crippen LogP contribution in [0.2, 0.25) is 0 Å². The van der Waals surface area contributed by atoms with E-state index in [1.54, 1.807) is 57.1 Å². The van der Waals surface area contributed by atoms with Gasteiger partial charge in [0.05, 0.1) is 43.7 Å². The molecule has 0 aliphatic carbocycles. The maximum absolute atomic E-state index is 14.3. The second-order valence-electron chi connectivity index (χ2n) is 10.3. The van der Waals surface area contributed by atoms with Crippen molar-refractivity contribution in [2.24, 2.45) is 4.99 Å². The Bertz CT molecular complexity index is 1950. The molecule has 0 fully saturated rings. The van der Waals surface area contributed by atoms with E-state index in [-0.39, 0.29) is 12.2 Å². The highest BCUT2D eigenvalue weighted by molar-refractivity contribution is 9.10. The minimum absolute atomic E-state index is 0.176. The van der Waals surface area contributed by atoms with Crippen molar-refractivity contribution in [3.63, 3.8) is 0 Å². The lowest BCUT2D eigenvalue weighted by Crippen LogP contribution is -2.40. The zero-order valence-corrected chi connectivity index (χ0v) is 28.7. The summed E-state index contributed by atoms with van der Waals surface area (Å²) in [5, 5.41) is 0. The van der Waals surface area contributed by atoms with Crippen molar-refractivity contribution in [1.29, 1.82) is 0 Å². The van der Waals surface area contributed by atoms with Crippen LogP contribution in [0.25, 0.3) is 6.08 Å². The van der Waals surface area contributed by atoms with Gasteiger partial charge in [-0.25, -0.2) is 9.79 Å². The molecule has 5 rings (SSSR count). The minimum Gasteiger partial charge on any atom is -0.497 e. The van der Waals surface area contributed by atoms with Gasteiger partial charge < -0.3 is 23.7 Å². The molecule has 1 aromatic heterocycles. The van der Waals surface area contributed by atoms with Crippen molar-refractivity contribution in [2.75, 3.05) is 27.9 Å². The van der Waals surface area contributed by atoms with Gasteiger partial charge in [0.25, 0.3) is 5.56 Å². The van der Waals surface area contributed by atoms with E-state index in [2.05, 4.69) is 15.9 Å². The fourth-order valence-electron chi connectivity index (χ4n) is 5.28. The standard InChI is InChI=1S/C35H35BrN2O7S/c1-6-11-26-31(34(40)44-7-2)32(24-18-23(41-3)14-15-27(24)42-4)38-33(39)30(46-35(38)37-26)17-22-16-28(43-5)29(19-25(22)36)45-20-21-12-9-8-10-13-21/h8-10,12-19,32H,6-7,11,20H2,1-5H3/b30-17-/t32-/m1/s1. The summed E-state index contributed by atoms with van der Waals surface area (Å²) in [5.74, 6) is 1.61.